The van der Waals surface area contributed by atoms with E-state index < -0.39 is 60.3 Å². The van der Waals surface area contributed by atoms with Crippen LogP contribution in [0.25, 0.3) is 0 Å². The fourth-order valence-electron chi connectivity index (χ4n) is 7.48. The molecule has 5 aliphatic rings. The van der Waals surface area contributed by atoms with Crippen molar-refractivity contribution in [1.82, 2.24) is 0 Å². The van der Waals surface area contributed by atoms with Gasteiger partial charge in [0.15, 0.2) is 0 Å². The van der Waals surface area contributed by atoms with Crippen LogP contribution in [0.15, 0.2) is 0 Å². The Bertz CT molecular complexity index is 993. The van der Waals surface area contributed by atoms with Gasteiger partial charge in [0.05, 0.1) is 16.9 Å². The van der Waals surface area contributed by atoms with Crippen molar-refractivity contribution >= 4 is 11.9 Å². The van der Waals surface area contributed by atoms with E-state index in [0.717, 1.165) is 18.3 Å². The predicted molar refractivity (Wildman–Crippen MR) is 150 cm³/mol. The SMILES string of the molecule is CCC(C)(C)C(=O)OC1(C)C2CC3CC(C2)CC1C3.CCC(C)(C)C(=O)OC1CCC(O)C(C(O)(C(F)(F)F)C(F)(F)F)C1. The van der Waals surface area contributed by atoms with E-state index in [1.807, 2.05) is 13.8 Å². The van der Waals surface area contributed by atoms with Crippen LogP contribution < -0.4 is 0 Å². The Labute approximate surface area is 256 Å². The summed E-state index contributed by atoms with van der Waals surface area (Å²) in [5.74, 6) is -0.214. The first-order valence-corrected chi connectivity index (χ1v) is 15.9. The van der Waals surface area contributed by atoms with Crippen molar-refractivity contribution in [1.29, 1.82) is 0 Å². The Hall–Kier alpha value is -1.56. The van der Waals surface area contributed by atoms with Gasteiger partial charge in [-0.15, -0.1) is 0 Å². The lowest BCUT2D eigenvalue weighted by Crippen LogP contribution is -2.65. The van der Waals surface area contributed by atoms with E-state index in [-0.39, 0.29) is 23.4 Å². The van der Waals surface area contributed by atoms with Crippen LogP contribution >= 0.6 is 0 Å². The third-order valence-corrected chi connectivity index (χ3v) is 11.4. The Kier molecular flexibility index (Phi) is 10.5. The van der Waals surface area contributed by atoms with Crippen LogP contribution in [0.5, 0.6) is 0 Å². The molecule has 0 aromatic rings. The first kappa shape index (κ1) is 36.9. The van der Waals surface area contributed by atoms with Gasteiger partial charge in [0, 0.05) is 5.92 Å². The second-order valence-electron chi connectivity index (χ2n) is 15.1. The monoisotopic (exact) mass is 644 g/mol. The van der Waals surface area contributed by atoms with E-state index in [4.69, 9.17) is 9.47 Å². The second-order valence-corrected chi connectivity index (χ2v) is 15.1. The number of ether oxygens (including phenoxy) is 2. The van der Waals surface area contributed by atoms with Gasteiger partial charge < -0.3 is 19.7 Å². The summed E-state index contributed by atoms with van der Waals surface area (Å²) in [4.78, 5) is 24.5. The number of carbonyl (C=O) groups excluding carboxylic acids is 2. The molecule has 12 heteroatoms. The molecule has 0 heterocycles. The minimum absolute atomic E-state index is 0.0185. The molecule has 3 unspecified atom stereocenters. The van der Waals surface area contributed by atoms with Gasteiger partial charge in [-0.3, -0.25) is 9.59 Å². The van der Waals surface area contributed by atoms with E-state index in [1.54, 1.807) is 6.92 Å². The van der Waals surface area contributed by atoms with Gasteiger partial charge in [-0.2, -0.15) is 26.3 Å². The minimum atomic E-state index is -6.04. The van der Waals surface area contributed by atoms with Gasteiger partial charge in [-0.05, 0) is 122 Å². The first-order valence-electron chi connectivity index (χ1n) is 15.9. The lowest BCUT2D eigenvalue weighted by atomic mass is 9.50. The Morgan fingerprint density at radius 3 is 1.59 bits per heavy atom. The maximum absolute atomic E-state index is 13.0. The summed E-state index contributed by atoms with van der Waals surface area (Å²) in [5.41, 5.74) is -6.53. The summed E-state index contributed by atoms with van der Waals surface area (Å²) in [5, 5.41) is 19.2. The molecule has 0 radical (unpaired) electrons. The molecule has 0 aromatic carbocycles. The summed E-state index contributed by atoms with van der Waals surface area (Å²) >= 11 is 0. The van der Waals surface area contributed by atoms with E-state index in [9.17, 15) is 46.1 Å². The third-order valence-electron chi connectivity index (χ3n) is 11.4. The van der Waals surface area contributed by atoms with Crippen LogP contribution in [0.4, 0.5) is 26.3 Å². The molecular weight excluding hydrogens is 594 g/mol. The maximum atomic E-state index is 13.0. The Balaban J connectivity index is 0.000000248. The van der Waals surface area contributed by atoms with E-state index >= 15 is 0 Å². The van der Waals surface area contributed by atoms with Gasteiger partial charge in [0.2, 0.25) is 0 Å². The molecule has 5 rings (SSSR count). The number of halogens is 6. The fourth-order valence-corrected chi connectivity index (χ4v) is 7.48. The summed E-state index contributed by atoms with van der Waals surface area (Å²) in [6, 6.07) is 0. The summed E-state index contributed by atoms with van der Waals surface area (Å²) in [7, 11) is 0. The lowest BCUT2D eigenvalue weighted by molar-refractivity contribution is -0.394. The van der Waals surface area contributed by atoms with Gasteiger partial charge in [-0.25, -0.2) is 0 Å². The molecule has 3 atom stereocenters. The average molecular weight is 645 g/mol. The van der Waals surface area contributed by atoms with Crippen molar-refractivity contribution in [2.24, 2.45) is 40.4 Å². The number of esters is 2. The van der Waals surface area contributed by atoms with Crippen molar-refractivity contribution in [2.45, 2.75) is 148 Å². The first-order chi connectivity index (χ1) is 19.9. The topological polar surface area (TPSA) is 93.1 Å². The molecule has 0 aliphatic heterocycles. The molecule has 44 heavy (non-hydrogen) atoms. The number of alkyl halides is 6. The summed E-state index contributed by atoms with van der Waals surface area (Å²) in [6.45, 7) is 13.1. The van der Waals surface area contributed by atoms with E-state index in [0.29, 0.717) is 18.3 Å². The molecule has 6 nitrogen and oxygen atoms in total. The molecule has 0 amide bonds. The standard InChI is InChI=1S/C17H28O2.C15H22F6O4/c1-5-16(2,3)15(18)19-17(4)13-7-11-6-12(9-13)10-14(17)8-11;1-4-12(2,3)11(23)25-8-5-6-10(22)9(7-8)13(24,14(16,17)18)15(19,20)21/h11-14H,5-10H2,1-4H3;8-10,22,24H,4-7H2,1-3H3. The molecule has 2 N–H and O–H groups in total. The van der Waals surface area contributed by atoms with Gasteiger partial charge in [0.1, 0.15) is 11.7 Å². The van der Waals surface area contributed by atoms with Crippen molar-refractivity contribution in [3.63, 3.8) is 0 Å². The number of aliphatic hydroxyl groups is 2. The van der Waals surface area contributed by atoms with Gasteiger partial charge >= 0.3 is 24.3 Å². The molecule has 5 aliphatic carbocycles. The minimum Gasteiger partial charge on any atom is -0.462 e. The Morgan fingerprint density at radius 2 is 1.18 bits per heavy atom. The van der Waals surface area contributed by atoms with Crippen molar-refractivity contribution in [3.05, 3.63) is 0 Å². The lowest BCUT2D eigenvalue weighted by Gasteiger charge is -2.59. The summed E-state index contributed by atoms with van der Waals surface area (Å²) < 4.78 is 89.2. The molecule has 4 bridgehead atoms. The van der Waals surface area contributed by atoms with Crippen LogP contribution in [-0.2, 0) is 19.1 Å². The second kappa shape index (κ2) is 12.6. The highest BCUT2D eigenvalue weighted by atomic mass is 19.4. The zero-order valence-electron chi connectivity index (χ0n) is 26.9. The van der Waals surface area contributed by atoms with Crippen LogP contribution in [0.1, 0.15) is 113 Å². The number of rotatable bonds is 7. The maximum Gasteiger partial charge on any atom is 0.426 e. The van der Waals surface area contributed by atoms with Crippen molar-refractivity contribution in [2.75, 3.05) is 0 Å². The smallest absolute Gasteiger partial charge is 0.426 e. The average Bonchev–Trinajstić information content (AvgIpc) is 2.91. The molecule has 5 saturated carbocycles. The van der Waals surface area contributed by atoms with E-state index in [1.165, 1.54) is 46.0 Å². The normalized spacial score (nSPS) is 34.2. The predicted octanol–water partition coefficient (Wildman–Crippen LogP) is 7.53. The zero-order valence-corrected chi connectivity index (χ0v) is 26.9. The molecule has 0 aromatic heterocycles. The van der Waals surface area contributed by atoms with Crippen LogP contribution in [0.2, 0.25) is 0 Å². The highest BCUT2D eigenvalue weighted by molar-refractivity contribution is 5.76. The van der Waals surface area contributed by atoms with Gasteiger partial charge in [-0.1, -0.05) is 13.8 Å². The van der Waals surface area contributed by atoms with E-state index in [2.05, 4.69) is 13.8 Å². The van der Waals surface area contributed by atoms with Crippen LogP contribution in [0.3, 0.4) is 0 Å². The number of aliphatic hydroxyl groups excluding tert-OH is 1. The van der Waals surface area contributed by atoms with Crippen molar-refractivity contribution < 1.29 is 55.6 Å². The van der Waals surface area contributed by atoms with Crippen LogP contribution in [0, 0.1) is 40.4 Å². The zero-order chi connectivity index (χ0) is 33.7. The highest BCUT2D eigenvalue weighted by Crippen LogP contribution is 2.60. The molecule has 5 fully saturated rings. The quantitative estimate of drug-likeness (QED) is 0.220. The highest BCUT2D eigenvalue weighted by Gasteiger charge is 2.75. The van der Waals surface area contributed by atoms with Crippen molar-refractivity contribution in [3.8, 4) is 0 Å². The van der Waals surface area contributed by atoms with Gasteiger partial charge in [0.25, 0.3) is 5.60 Å². The molecule has 256 valence electrons. The van der Waals surface area contributed by atoms with Crippen LogP contribution in [-0.4, -0.2) is 57.9 Å². The summed E-state index contributed by atoms with van der Waals surface area (Å²) in [6.07, 6.45) is -9.00. The number of hydrogen-bond acceptors (Lipinski definition) is 6. The molecule has 0 spiro atoms. The Morgan fingerprint density at radius 1 is 0.750 bits per heavy atom. The number of carbonyl (C=O) groups is 2. The number of hydrogen-bond donors (Lipinski definition) is 2. The largest absolute Gasteiger partial charge is 0.462 e. The fraction of sp³-hybridized carbons (Fsp3) is 0.938. The molecular formula is C32H50F6O6. The molecule has 0 saturated heterocycles. The third kappa shape index (κ3) is 7.05.